The molecule has 0 saturated carbocycles. The summed E-state index contributed by atoms with van der Waals surface area (Å²) in [5.41, 5.74) is 4.96. The van der Waals surface area contributed by atoms with Crippen LogP contribution >= 0.6 is 0 Å². The van der Waals surface area contributed by atoms with Crippen LogP contribution in [0.2, 0.25) is 0 Å². The van der Waals surface area contributed by atoms with Gasteiger partial charge in [-0.1, -0.05) is 42.5 Å². The smallest absolute Gasteiger partial charge is 0.122 e. The molecule has 0 fully saturated rings. The quantitative estimate of drug-likeness (QED) is 0.620. The fourth-order valence-electron chi connectivity index (χ4n) is 3.06. The van der Waals surface area contributed by atoms with Gasteiger partial charge < -0.3 is 10.1 Å². The van der Waals surface area contributed by atoms with Crippen LogP contribution in [0.1, 0.15) is 31.0 Å². The van der Waals surface area contributed by atoms with Gasteiger partial charge in [-0.05, 0) is 67.3 Å². The number of hydrogen-bond donors (Lipinski definition) is 1. The number of nitrogens with zero attached hydrogens (tertiary/aromatic N) is 1. The summed E-state index contributed by atoms with van der Waals surface area (Å²) in [6, 6.07) is 21.4. The van der Waals surface area contributed by atoms with E-state index in [0.29, 0.717) is 12.6 Å². The first-order valence-electron chi connectivity index (χ1n) is 9.22. The minimum atomic E-state index is 0.306. The van der Waals surface area contributed by atoms with Crippen molar-refractivity contribution in [2.45, 2.75) is 26.3 Å². The molecular weight excluding hydrogens is 320 g/mol. The average molecular weight is 346 g/mol. The van der Waals surface area contributed by atoms with Crippen LogP contribution in [0.3, 0.4) is 0 Å². The number of pyridine rings is 1. The van der Waals surface area contributed by atoms with Gasteiger partial charge in [0.05, 0.1) is 6.61 Å². The van der Waals surface area contributed by atoms with Crippen molar-refractivity contribution in [3.8, 4) is 16.9 Å². The molecule has 1 unspecified atom stereocenters. The minimum absolute atomic E-state index is 0.306. The highest BCUT2D eigenvalue weighted by atomic mass is 16.5. The third-order valence-electron chi connectivity index (χ3n) is 4.54. The molecule has 0 amide bonds. The van der Waals surface area contributed by atoms with E-state index in [2.05, 4.69) is 53.6 Å². The van der Waals surface area contributed by atoms with E-state index < -0.39 is 0 Å². The first-order valence-corrected chi connectivity index (χ1v) is 9.22. The van der Waals surface area contributed by atoms with Gasteiger partial charge in [0, 0.05) is 18.4 Å². The SMILES string of the molecule is CCOc1ccccc1CCNC(C)c1ccc(-c2ccncc2)cc1. The second-order valence-corrected chi connectivity index (χ2v) is 6.32. The molecule has 3 rings (SSSR count). The van der Waals surface area contributed by atoms with Crippen LogP contribution in [0.5, 0.6) is 5.75 Å². The minimum Gasteiger partial charge on any atom is -0.494 e. The topological polar surface area (TPSA) is 34.1 Å². The van der Waals surface area contributed by atoms with E-state index in [-0.39, 0.29) is 0 Å². The van der Waals surface area contributed by atoms with Gasteiger partial charge in [-0.25, -0.2) is 0 Å². The van der Waals surface area contributed by atoms with Gasteiger partial charge in [0.2, 0.25) is 0 Å². The first-order chi connectivity index (χ1) is 12.8. The molecule has 0 aliphatic carbocycles. The predicted octanol–water partition coefficient (Wildman–Crippen LogP) is 5.04. The van der Waals surface area contributed by atoms with Crippen molar-refractivity contribution in [2.75, 3.05) is 13.2 Å². The van der Waals surface area contributed by atoms with Crippen LogP contribution in [-0.4, -0.2) is 18.1 Å². The Bertz CT molecular complexity index is 800. The molecule has 2 aromatic carbocycles. The standard InChI is InChI=1S/C23H26N2O/c1-3-26-23-7-5-4-6-22(23)14-17-25-18(2)19-8-10-20(11-9-19)21-12-15-24-16-13-21/h4-13,15-16,18,25H,3,14,17H2,1-2H3. The monoisotopic (exact) mass is 346 g/mol. The molecular formula is C23H26N2O. The maximum atomic E-state index is 5.70. The lowest BCUT2D eigenvalue weighted by atomic mass is 10.0. The number of nitrogens with one attached hydrogen (secondary N) is 1. The van der Waals surface area contributed by atoms with Gasteiger partial charge >= 0.3 is 0 Å². The molecule has 134 valence electrons. The van der Waals surface area contributed by atoms with Crippen LogP contribution in [0.25, 0.3) is 11.1 Å². The van der Waals surface area contributed by atoms with E-state index in [9.17, 15) is 0 Å². The second-order valence-electron chi connectivity index (χ2n) is 6.32. The summed E-state index contributed by atoms with van der Waals surface area (Å²) in [7, 11) is 0. The van der Waals surface area contributed by atoms with Crippen LogP contribution < -0.4 is 10.1 Å². The highest BCUT2D eigenvalue weighted by Gasteiger charge is 2.07. The molecule has 1 aromatic heterocycles. The van der Waals surface area contributed by atoms with Crippen molar-refractivity contribution in [1.82, 2.24) is 10.3 Å². The molecule has 1 heterocycles. The van der Waals surface area contributed by atoms with E-state index in [1.807, 2.05) is 43.6 Å². The number of para-hydroxylation sites is 1. The zero-order chi connectivity index (χ0) is 18.2. The Morgan fingerprint density at radius 2 is 1.62 bits per heavy atom. The van der Waals surface area contributed by atoms with Gasteiger partial charge in [0.1, 0.15) is 5.75 Å². The lowest BCUT2D eigenvalue weighted by molar-refractivity contribution is 0.336. The zero-order valence-corrected chi connectivity index (χ0v) is 15.5. The van der Waals surface area contributed by atoms with Gasteiger partial charge in [0.25, 0.3) is 0 Å². The van der Waals surface area contributed by atoms with Crippen molar-refractivity contribution >= 4 is 0 Å². The Labute approximate surface area is 156 Å². The fourth-order valence-corrected chi connectivity index (χ4v) is 3.06. The van der Waals surface area contributed by atoms with Crippen molar-refractivity contribution in [2.24, 2.45) is 0 Å². The summed E-state index contributed by atoms with van der Waals surface area (Å²) in [5.74, 6) is 0.992. The van der Waals surface area contributed by atoms with Crippen molar-refractivity contribution < 1.29 is 4.74 Å². The second kappa shape index (κ2) is 9.16. The zero-order valence-electron chi connectivity index (χ0n) is 15.5. The van der Waals surface area contributed by atoms with Gasteiger partial charge in [0.15, 0.2) is 0 Å². The molecule has 0 aliphatic heterocycles. The van der Waals surface area contributed by atoms with Gasteiger partial charge in [-0.15, -0.1) is 0 Å². The number of hydrogen-bond acceptors (Lipinski definition) is 3. The molecule has 0 saturated heterocycles. The largest absolute Gasteiger partial charge is 0.494 e. The Balaban J connectivity index is 1.56. The summed E-state index contributed by atoms with van der Waals surface area (Å²) in [5, 5.41) is 3.61. The normalized spacial score (nSPS) is 11.9. The van der Waals surface area contributed by atoms with Gasteiger partial charge in [-0.2, -0.15) is 0 Å². The summed E-state index contributed by atoms with van der Waals surface area (Å²) >= 11 is 0. The Kier molecular flexibility index (Phi) is 6.39. The number of rotatable bonds is 8. The molecule has 3 aromatic rings. The maximum Gasteiger partial charge on any atom is 0.122 e. The summed E-state index contributed by atoms with van der Waals surface area (Å²) in [6.07, 6.45) is 4.61. The third kappa shape index (κ3) is 4.70. The average Bonchev–Trinajstić information content (AvgIpc) is 2.70. The van der Waals surface area contributed by atoms with E-state index in [1.54, 1.807) is 0 Å². The molecule has 3 heteroatoms. The molecule has 0 aliphatic rings. The lowest BCUT2D eigenvalue weighted by Gasteiger charge is -2.16. The summed E-state index contributed by atoms with van der Waals surface area (Å²) in [6.45, 7) is 5.84. The highest BCUT2D eigenvalue weighted by Crippen LogP contribution is 2.22. The highest BCUT2D eigenvalue weighted by molar-refractivity contribution is 5.62. The molecule has 0 radical (unpaired) electrons. The van der Waals surface area contributed by atoms with E-state index in [4.69, 9.17) is 4.74 Å². The predicted molar refractivity (Wildman–Crippen MR) is 107 cm³/mol. The van der Waals surface area contributed by atoms with Crippen LogP contribution in [0.15, 0.2) is 73.1 Å². The molecule has 3 nitrogen and oxygen atoms in total. The van der Waals surface area contributed by atoms with Gasteiger partial charge in [-0.3, -0.25) is 4.98 Å². The third-order valence-corrected chi connectivity index (χ3v) is 4.54. The van der Waals surface area contributed by atoms with E-state index in [0.717, 1.165) is 18.7 Å². The molecule has 0 bridgehead atoms. The fraction of sp³-hybridized carbons (Fsp3) is 0.261. The van der Waals surface area contributed by atoms with Crippen LogP contribution in [-0.2, 0) is 6.42 Å². The van der Waals surface area contributed by atoms with Crippen molar-refractivity contribution in [1.29, 1.82) is 0 Å². The molecule has 1 atom stereocenters. The van der Waals surface area contributed by atoms with E-state index in [1.165, 1.54) is 22.3 Å². The number of ether oxygens (including phenoxy) is 1. The van der Waals surface area contributed by atoms with Crippen molar-refractivity contribution in [3.05, 3.63) is 84.2 Å². The Morgan fingerprint density at radius 3 is 2.35 bits per heavy atom. The Morgan fingerprint density at radius 1 is 0.923 bits per heavy atom. The summed E-state index contributed by atoms with van der Waals surface area (Å²) < 4.78 is 5.70. The molecule has 0 spiro atoms. The molecule has 1 N–H and O–H groups in total. The first kappa shape index (κ1) is 18.2. The van der Waals surface area contributed by atoms with E-state index >= 15 is 0 Å². The maximum absolute atomic E-state index is 5.70. The summed E-state index contributed by atoms with van der Waals surface area (Å²) in [4.78, 5) is 4.07. The number of benzene rings is 2. The Hall–Kier alpha value is -2.65. The van der Waals surface area contributed by atoms with Crippen LogP contribution in [0.4, 0.5) is 0 Å². The lowest BCUT2D eigenvalue weighted by Crippen LogP contribution is -2.21. The number of aromatic nitrogens is 1. The molecule has 26 heavy (non-hydrogen) atoms. The van der Waals surface area contributed by atoms with Crippen molar-refractivity contribution in [3.63, 3.8) is 0 Å². The van der Waals surface area contributed by atoms with Crippen LogP contribution in [0, 0.1) is 0 Å².